The highest BCUT2D eigenvalue weighted by Crippen LogP contribution is 2.27. The van der Waals surface area contributed by atoms with Crippen molar-refractivity contribution >= 4 is 33.7 Å². The van der Waals surface area contributed by atoms with Crippen molar-refractivity contribution in [2.24, 2.45) is 7.05 Å². The minimum atomic E-state index is -0.161. The topological polar surface area (TPSA) is 59.0 Å². The van der Waals surface area contributed by atoms with Crippen LogP contribution in [0, 0.1) is 0 Å². The van der Waals surface area contributed by atoms with E-state index in [1.807, 2.05) is 37.0 Å². The Morgan fingerprint density at radius 3 is 3.00 bits per heavy atom. The molecular formula is C15H16N4OS2. The van der Waals surface area contributed by atoms with Crippen molar-refractivity contribution in [2.75, 3.05) is 11.9 Å². The first-order valence-electron chi connectivity index (χ1n) is 6.87. The molecule has 0 aliphatic carbocycles. The zero-order valence-corrected chi connectivity index (χ0v) is 13.7. The van der Waals surface area contributed by atoms with Crippen LogP contribution in [0.25, 0.3) is 10.4 Å². The van der Waals surface area contributed by atoms with Gasteiger partial charge in [0.05, 0.1) is 11.2 Å². The Hall–Kier alpha value is -2.12. The number of nitrogens with one attached hydrogen (secondary N) is 2. The van der Waals surface area contributed by atoms with Crippen LogP contribution in [-0.4, -0.2) is 22.4 Å². The Labute approximate surface area is 136 Å². The van der Waals surface area contributed by atoms with Crippen LogP contribution in [0.4, 0.5) is 9.80 Å². The molecule has 0 unspecified atom stereocenters. The highest BCUT2D eigenvalue weighted by molar-refractivity contribution is 7.15. The van der Waals surface area contributed by atoms with Crippen molar-refractivity contribution in [3.8, 4) is 10.4 Å². The first-order chi connectivity index (χ1) is 10.7. The van der Waals surface area contributed by atoms with Crippen LogP contribution in [0.15, 0.2) is 42.0 Å². The summed E-state index contributed by atoms with van der Waals surface area (Å²) < 4.78 is 1.80. The number of nitrogens with zero attached hydrogens (tertiary/aromatic N) is 2. The van der Waals surface area contributed by atoms with Gasteiger partial charge >= 0.3 is 6.03 Å². The third-order valence-electron chi connectivity index (χ3n) is 3.07. The van der Waals surface area contributed by atoms with Crippen LogP contribution in [0.5, 0.6) is 0 Å². The zero-order chi connectivity index (χ0) is 15.4. The fourth-order valence-corrected chi connectivity index (χ4v) is 3.62. The first kappa shape index (κ1) is 14.8. The lowest BCUT2D eigenvalue weighted by Crippen LogP contribution is -2.29. The molecule has 3 rings (SSSR count). The number of carbonyl (C=O) groups is 1. The van der Waals surface area contributed by atoms with Crippen molar-refractivity contribution in [3.63, 3.8) is 0 Å². The Morgan fingerprint density at radius 1 is 1.36 bits per heavy atom. The van der Waals surface area contributed by atoms with Crippen LogP contribution in [0.2, 0.25) is 0 Å². The molecular weight excluding hydrogens is 316 g/mol. The lowest BCUT2D eigenvalue weighted by atomic mass is 10.3. The van der Waals surface area contributed by atoms with Gasteiger partial charge in [-0.2, -0.15) is 5.10 Å². The summed E-state index contributed by atoms with van der Waals surface area (Å²) >= 11 is 3.24. The number of thiophene rings is 2. The number of aryl methyl sites for hydroxylation is 1. The average Bonchev–Trinajstić information content (AvgIpc) is 3.20. The lowest BCUT2D eigenvalue weighted by Gasteiger charge is -2.04. The summed E-state index contributed by atoms with van der Waals surface area (Å²) in [5.74, 6) is 0. The predicted octanol–water partition coefficient (Wildman–Crippen LogP) is 3.57. The van der Waals surface area contributed by atoms with Crippen LogP contribution >= 0.6 is 22.7 Å². The fraction of sp³-hybridized carbons (Fsp3) is 0.200. The minimum Gasteiger partial charge on any atom is -0.337 e. The van der Waals surface area contributed by atoms with E-state index in [-0.39, 0.29) is 6.03 Å². The summed E-state index contributed by atoms with van der Waals surface area (Å²) in [5, 5.41) is 12.6. The summed E-state index contributed by atoms with van der Waals surface area (Å²) in [7, 11) is 1.91. The fourth-order valence-electron chi connectivity index (χ4n) is 2.02. The molecule has 3 aromatic heterocycles. The normalized spacial score (nSPS) is 10.6. The number of anilines is 1. The number of amides is 2. The van der Waals surface area contributed by atoms with Crippen molar-refractivity contribution < 1.29 is 4.79 Å². The Morgan fingerprint density at radius 2 is 2.27 bits per heavy atom. The van der Waals surface area contributed by atoms with E-state index in [1.54, 1.807) is 16.0 Å². The maximum atomic E-state index is 11.7. The van der Waals surface area contributed by atoms with Gasteiger partial charge < -0.3 is 5.32 Å². The maximum Gasteiger partial charge on any atom is 0.319 e. The molecule has 0 bridgehead atoms. The second kappa shape index (κ2) is 6.76. The van der Waals surface area contributed by atoms with Gasteiger partial charge in [0.1, 0.15) is 0 Å². The second-order valence-electron chi connectivity index (χ2n) is 4.78. The molecule has 0 atom stereocenters. The molecule has 0 aromatic carbocycles. The van der Waals surface area contributed by atoms with E-state index in [0.29, 0.717) is 6.54 Å². The SMILES string of the molecule is Cn1cc(-c2ccc(CCNC(=O)Nc3cccs3)s2)cn1. The molecule has 22 heavy (non-hydrogen) atoms. The zero-order valence-electron chi connectivity index (χ0n) is 12.1. The van der Waals surface area contributed by atoms with Gasteiger partial charge in [0.25, 0.3) is 0 Å². The molecule has 0 radical (unpaired) electrons. The van der Waals surface area contributed by atoms with Gasteiger partial charge in [-0.15, -0.1) is 22.7 Å². The summed E-state index contributed by atoms with van der Waals surface area (Å²) in [6.45, 7) is 0.615. The molecule has 0 fully saturated rings. The molecule has 0 saturated heterocycles. The molecule has 3 aromatic rings. The molecule has 5 nitrogen and oxygen atoms in total. The lowest BCUT2D eigenvalue weighted by molar-refractivity contribution is 0.252. The van der Waals surface area contributed by atoms with Gasteiger partial charge in [-0.25, -0.2) is 4.79 Å². The highest BCUT2D eigenvalue weighted by atomic mass is 32.1. The Bertz CT molecular complexity index is 745. The number of hydrogen-bond donors (Lipinski definition) is 2. The number of rotatable bonds is 5. The number of aromatic nitrogens is 2. The Kier molecular flexibility index (Phi) is 4.55. The molecule has 0 aliphatic rings. The van der Waals surface area contributed by atoms with Crippen LogP contribution < -0.4 is 10.6 Å². The third-order valence-corrected chi connectivity index (χ3v) is 5.05. The van der Waals surface area contributed by atoms with E-state index in [9.17, 15) is 4.79 Å². The standard InChI is InChI=1S/C15H16N4OS2/c1-19-10-11(9-17-19)13-5-4-12(22-13)6-7-16-15(20)18-14-3-2-8-21-14/h2-5,8-10H,6-7H2,1H3,(H2,16,18,20). The quantitative estimate of drug-likeness (QED) is 0.750. The number of urea groups is 1. The summed E-state index contributed by atoms with van der Waals surface area (Å²) in [5.41, 5.74) is 1.13. The summed E-state index contributed by atoms with van der Waals surface area (Å²) in [4.78, 5) is 14.2. The van der Waals surface area contributed by atoms with Gasteiger partial charge in [-0.1, -0.05) is 0 Å². The van der Waals surface area contributed by atoms with E-state index in [4.69, 9.17) is 0 Å². The highest BCUT2D eigenvalue weighted by Gasteiger charge is 2.06. The first-order valence-corrected chi connectivity index (χ1v) is 8.56. The van der Waals surface area contributed by atoms with Crippen molar-refractivity contribution in [1.29, 1.82) is 0 Å². The van der Waals surface area contributed by atoms with Gasteiger partial charge in [0, 0.05) is 35.1 Å². The molecule has 2 N–H and O–H groups in total. The largest absolute Gasteiger partial charge is 0.337 e. The van der Waals surface area contributed by atoms with Gasteiger partial charge in [-0.3, -0.25) is 10.00 Å². The predicted molar refractivity (Wildman–Crippen MR) is 91.6 cm³/mol. The van der Waals surface area contributed by atoms with Gasteiger partial charge in [-0.05, 0) is 36.1 Å². The molecule has 0 aliphatic heterocycles. The third kappa shape index (κ3) is 3.75. The molecule has 114 valence electrons. The average molecular weight is 332 g/mol. The van der Waals surface area contributed by atoms with E-state index in [0.717, 1.165) is 17.0 Å². The van der Waals surface area contributed by atoms with Crippen LogP contribution in [-0.2, 0) is 13.5 Å². The van der Waals surface area contributed by atoms with E-state index >= 15 is 0 Å². The van der Waals surface area contributed by atoms with Crippen LogP contribution in [0.1, 0.15) is 4.88 Å². The monoisotopic (exact) mass is 332 g/mol. The van der Waals surface area contributed by atoms with Crippen molar-refractivity contribution in [1.82, 2.24) is 15.1 Å². The minimum absolute atomic E-state index is 0.161. The maximum absolute atomic E-state index is 11.7. The number of hydrogen-bond acceptors (Lipinski definition) is 4. The van der Waals surface area contributed by atoms with Gasteiger partial charge in [0.15, 0.2) is 0 Å². The second-order valence-corrected chi connectivity index (χ2v) is 6.89. The number of carbonyl (C=O) groups excluding carboxylic acids is 1. The molecule has 0 saturated carbocycles. The molecule has 0 spiro atoms. The molecule has 7 heteroatoms. The molecule has 3 heterocycles. The van der Waals surface area contributed by atoms with E-state index in [2.05, 4.69) is 27.9 Å². The van der Waals surface area contributed by atoms with Gasteiger partial charge in [0.2, 0.25) is 0 Å². The summed E-state index contributed by atoms with van der Waals surface area (Å²) in [6.07, 6.45) is 4.69. The van der Waals surface area contributed by atoms with Crippen molar-refractivity contribution in [3.05, 3.63) is 46.9 Å². The molecule has 2 amide bonds. The smallest absolute Gasteiger partial charge is 0.319 e. The van der Waals surface area contributed by atoms with Crippen molar-refractivity contribution in [2.45, 2.75) is 6.42 Å². The van der Waals surface area contributed by atoms with E-state index < -0.39 is 0 Å². The van der Waals surface area contributed by atoms with E-state index in [1.165, 1.54) is 21.1 Å². The van der Waals surface area contributed by atoms with Crippen LogP contribution in [0.3, 0.4) is 0 Å². The summed E-state index contributed by atoms with van der Waals surface area (Å²) in [6, 6.07) is 7.83. The Balaban J connectivity index is 1.48.